The van der Waals surface area contributed by atoms with Crippen molar-refractivity contribution in [3.05, 3.63) is 52.2 Å². The predicted molar refractivity (Wildman–Crippen MR) is 97.7 cm³/mol. The van der Waals surface area contributed by atoms with Gasteiger partial charge >= 0.3 is 0 Å². The van der Waals surface area contributed by atoms with Gasteiger partial charge in [-0.3, -0.25) is 4.79 Å². The summed E-state index contributed by atoms with van der Waals surface area (Å²) in [6, 6.07) is 11.9. The minimum atomic E-state index is 0.0692. The lowest BCUT2D eigenvalue weighted by molar-refractivity contribution is -0.121. The highest BCUT2D eigenvalue weighted by molar-refractivity contribution is 7.10. The van der Waals surface area contributed by atoms with Crippen molar-refractivity contribution < 1.29 is 14.6 Å². The molecule has 2 aromatic rings. The number of amides is 1. The summed E-state index contributed by atoms with van der Waals surface area (Å²) in [6.07, 6.45) is 2.80. The van der Waals surface area contributed by atoms with Gasteiger partial charge in [0.05, 0.1) is 7.11 Å². The molecule has 0 aliphatic heterocycles. The van der Waals surface area contributed by atoms with Crippen LogP contribution >= 0.6 is 11.3 Å². The molecule has 0 saturated heterocycles. The van der Waals surface area contributed by atoms with Crippen molar-refractivity contribution in [2.75, 3.05) is 20.3 Å². The first kappa shape index (κ1) is 18.5. The highest BCUT2D eigenvalue weighted by Crippen LogP contribution is 2.26. The molecule has 4 nitrogen and oxygen atoms in total. The van der Waals surface area contributed by atoms with Crippen LogP contribution in [0.25, 0.3) is 0 Å². The molecule has 0 aliphatic carbocycles. The molecule has 1 atom stereocenters. The molecule has 2 rings (SSSR count). The third kappa shape index (κ3) is 5.98. The zero-order chi connectivity index (χ0) is 17.2. The number of aliphatic hydroxyl groups excluding tert-OH is 1. The second-order valence-corrected chi connectivity index (χ2v) is 6.69. The summed E-state index contributed by atoms with van der Waals surface area (Å²) < 4.78 is 5.12. The van der Waals surface area contributed by atoms with Gasteiger partial charge in [-0.15, -0.1) is 11.3 Å². The number of ether oxygens (including phenoxy) is 1. The van der Waals surface area contributed by atoms with Crippen LogP contribution in [0, 0.1) is 0 Å². The van der Waals surface area contributed by atoms with Crippen molar-refractivity contribution in [2.24, 2.45) is 0 Å². The van der Waals surface area contributed by atoms with Gasteiger partial charge in [0.15, 0.2) is 0 Å². The summed E-state index contributed by atoms with van der Waals surface area (Å²) in [7, 11) is 1.64. The maximum Gasteiger partial charge on any atom is 0.220 e. The molecule has 0 saturated carbocycles. The molecule has 0 bridgehead atoms. The number of carbonyl (C=O) groups excluding carboxylic acids is 1. The van der Waals surface area contributed by atoms with Crippen molar-refractivity contribution in [2.45, 2.75) is 31.6 Å². The Morgan fingerprint density at radius 1 is 1.25 bits per heavy atom. The Balaban J connectivity index is 1.70. The number of aliphatic hydroxyl groups is 1. The summed E-state index contributed by atoms with van der Waals surface area (Å²) >= 11 is 1.71. The van der Waals surface area contributed by atoms with Crippen LogP contribution in [0.4, 0.5) is 0 Å². The average molecular weight is 347 g/mol. The molecule has 1 aromatic heterocycles. The van der Waals surface area contributed by atoms with Gasteiger partial charge in [-0.2, -0.15) is 0 Å². The number of aryl methyl sites for hydroxylation is 1. The van der Waals surface area contributed by atoms with Crippen LogP contribution in [0.15, 0.2) is 41.8 Å². The highest BCUT2D eigenvalue weighted by atomic mass is 32.1. The van der Waals surface area contributed by atoms with E-state index >= 15 is 0 Å². The van der Waals surface area contributed by atoms with E-state index in [0.717, 1.165) is 30.6 Å². The number of carbonyl (C=O) groups is 1. The van der Waals surface area contributed by atoms with Crippen molar-refractivity contribution in [1.29, 1.82) is 0 Å². The smallest absolute Gasteiger partial charge is 0.220 e. The molecule has 130 valence electrons. The van der Waals surface area contributed by atoms with Crippen LogP contribution in [0.5, 0.6) is 5.75 Å². The molecular weight excluding hydrogens is 322 g/mol. The third-order valence-corrected chi connectivity index (χ3v) is 5.07. The van der Waals surface area contributed by atoms with Crippen LogP contribution in [-0.2, 0) is 11.2 Å². The molecule has 24 heavy (non-hydrogen) atoms. The molecule has 0 radical (unpaired) electrons. The third-order valence-electron chi connectivity index (χ3n) is 4.04. The summed E-state index contributed by atoms with van der Waals surface area (Å²) in [4.78, 5) is 13.3. The fourth-order valence-corrected chi connectivity index (χ4v) is 3.53. The van der Waals surface area contributed by atoms with E-state index in [2.05, 4.69) is 11.4 Å². The van der Waals surface area contributed by atoms with E-state index in [4.69, 9.17) is 4.74 Å². The van der Waals surface area contributed by atoms with Crippen LogP contribution in [0.3, 0.4) is 0 Å². The monoisotopic (exact) mass is 347 g/mol. The largest absolute Gasteiger partial charge is 0.497 e. The number of thiophene rings is 1. The van der Waals surface area contributed by atoms with Gasteiger partial charge in [0.2, 0.25) is 5.91 Å². The van der Waals surface area contributed by atoms with E-state index in [1.54, 1.807) is 18.4 Å². The van der Waals surface area contributed by atoms with Crippen molar-refractivity contribution >= 4 is 17.2 Å². The van der Waals surface area contributed by atoms with Crippen molar-refractivity contribution in [3.63, 3.8) is 0 Å². The van der Waals surface area contributed by atoms with Crippen LogP contribution in [0.1, 0.15) is 35.6 Å². The maximum atomic E-state index is 12.0. The first-order valence-corrected chi connectivity index (χ1v) is 9.14. The average Bonchev–Trinajstić information content (AvgIpc) is 3.14. The Kier molecular flexibility index (Phi) is 7.79. The fourth-order valence-electron chi connectivity index (χ4n) is 2.63. The molecule has 0 aliphatic rings. The van der Waals surface area contributed by atoms with Crippen LogP contribution < -0.4 is 10.1 Å². The van der Waals surface area contributed by atoms with Gasteiger partial charge in [0.25, 0.3) is 0 Å². The zero-order valence-corrected chi connectivity index (χ0v) is 14.8. The Morgan fingerprint density at radius 3 is 2.67 bits per heavy atom. The highest BCUT2D eigenvalue weighted by Gasteiger charge is 2.12. The predicted octanol–water partition coefficient (Wildman–Crippen LogP) is 3.36. The van der Waals surface area contributed by atoms with Gasteiger partial charge < -0.3 is 15.2 Å². The van der Waals surface area contributed by atoms with Gasteiger partial charge in [-0.05, 0) is 54.3 Å². The number of benzene rings is 1. The first-order chi connectivity index (χ1) is 11.7. The lowest BCUT2D eigenvalue weighted by atomic mass is 10.00. The van der Waals surface area contributed by atoms with E-state index in [1.807, 2.05) is 35.7 Å². The van der Waals surface area contributed by atoms with E-state index in [1.165, 1.54) is 4.88 Å². The van der Waals surface area contributed by atoms with E-state index in [9.17, 15) is 9.90 Å². The number of rotatable bonds is 10. The number of hydrogen-bond acceptors (Lipinski definition) is 4. The standard InChI is InChI=1S/C19H25NO3S/c1-23-17-7-4-15(5-8-17)6-9-19(22)20-12-10-16(11-13-21)18-3-2-14-24-18/h2-5,7-8,14,16,21H,6,9-13H2,1H3,(H,20,22)/t16-/m1/s1. The van der Waals surface area contributed by atoms with Gasteiger partial charge in [-0.25, -0.2) is 0 Å². The summed E-state index contributed by atoms with van der Waals surface area (Å²) in [6.45, 7) is 0.817. The number of nitrogens with one attached hydrogen (secondary N) is 1. The Labute approximate surface area is 147 Å². The summed E-state index contributed by atoms with van der Waals surface area (Å²) in [5, 5.41) is 14.2. The minimum absolute atomic E-state index is 0.0692. The second kappa shape index (κ2) is 10.1. The summed E-state index contributed by atoms with van der Waals surface area (Å²) in [5.41, 5.74) is 1.13. The SMILES string of the molecule is COc1ccc(CCC(=O)NCC[C@H](CCO)c2cccs2)cc1. The Bertz CT molecular complexity index is 596. The molecule has 0 fully saturated rings. The first-order valence-electron chi connectivity index (χ1n) is 8.27. The van der Waals surface area contributed by atoms with E-state index in [-0.39, 0.29) is 12.5 Å². The van der Waals surface area contributed by atoms with Crippen LogP contribution in [-0.4, -0.2) is 31.3 Å². The lowest BCUT2D eigenvalue weighted by Gasteiger charge is -2.14. The number of hydrogen-bond donors (Lipinski definition) is 2. The van der Waals surface area contributed by atoms with Crippen molar-refractivity contribution in [1.82, 2.24) is 5.32 Å². The van der Waals surface area contributed by atoms with Crippen LogP contribution in [0.2, 0.25) is 0 Å². The molecular formula is C19H25NO3S. The normalized spacial score (nSPS) is 11.9. The zero-order valence-electron chi connectivity index (χ0n) is 14.0. The summed E-state index contributed by atoms with van der Waals surface area (Å²) in [5.74, 6) is 1.21. The fraction of sp³-hybridized carbons (Fsp3) is 0.421. The number of methoxy groups -OCH3 is 1. The Morgan fingerprint density at radius 2 is 2.04 bits per heavy atom. The maximum absolute atomic E-state index is 12.0. The molecule has 1 heterocycles. The van der Waals surface area contributed by atoms with E-state index < -0.39 is 0 Å². The van der Waals surface area contributed by atoms with Crippen molar-refractivity contribution in [3.8, 4) is 5.75 Å². The molecule has 2 N–H and O–H groups in total. The lowest BCUT2D eigenvalue weighted by Crippen LogP contribution is -2.26. The van der Waals surface area contributed by atoms with Gasteiger partial charge in [-0.1, -0.05) is 18.2 Å². The van der Waals surface area contributed by atoms with E-state index in [0.29, 0.717) is 18.9 Å². The Hall–Kier alpha value is -1.85. The molecule has 1 amide bonds. The topological polar surface area (TPSA) is 58.6 Å². The molecule has 0 spiro atoms. The second-order valence-electron chi connectivity index (χ2n) is 5.71. The minimum Gasteiger partial charge on any atom is -0.497 e. The quantitative estimate of drug-likeness (QED) is 0.693. The van der Waals surface area contributed by atoms with Gasteiger partial charge in [0, 0.05) is 24.4 Å². The van der Waals surface area contributed by atoms with Gasteiger partial charge in [0.1, 0.15) is 5.75 Å². The molecule has 5 heteroatoms. The molecule has 1 aromatic carbocycles. The molecule has 0 unspecified atom stereocenters.